The number of nitrogens with zero attached hydrogens (tertiary/aromatic N) is 2. The van der Waals surface area contributed by atoms with Gasteiger partial charge in [-0.3, -0.25) is 9.69 Å². The molecule has 112 valence electrons. The number of rotatable bonds is 5. The first kappa shape index (κ1) is 15.0. The Labute approximate surface area is 119 Å². The van der Waals surface area contributed by atoms with Crippen LogP contribution in [-0.2, 0) is 4.74 Å². The van der Waals surface area contributed by atoms with Gasteiger partial charge in [-0.15, -0.1) is 0 Å². The molecule has 0 aromatic carbocycles. The minimum Gasteiger partial charge on any atom is -0.379 e. The van der Waals surface area contributed by atoms with Gasteiger partial charge in [0.05, 0.1) is 13.2 Å². The van der Waals surface area contributed by atoms with Crippen molar-refractivity contribution in [2.75, 3.05) is 38.2 Å². The van der Waals surface area contributed by atoms with Crippen molar-refractivity contribution in [1.29, 1.82) is 0 Å². The average Bonchev–Trinajstić information content (AvgIpc) is 2.38. The van der Waals surface area contributed by atoms with Crippen molar-refractivity contribution >= 4 is 5.82 Å². The standard InChI is InChI=1S/C14H24N4O2/c1-10(2)14-16-12(8-13(19)17-14)15-11(3)9-18-4-6-20-7-5-18/h8,10-11H,4-7,9H2,1-3H3,(H2,15,16,17,19). The van der Waals surface area contributed by atoms with E-state index in [-0.39, 0.29) is 17.5 Å². The van der Waals surface area contributed by atoms with Gasteiger partial charge in [0.25, 0.3) is 5.56 Å². The van der Waals surface area contributed by atoms with Crippen molar-refractivity contribution in [2.45, 2.75) is 32.7 Å². The zero-order chi connectivity index (χ0) is 14.5. The van der Waals surface area contributed by atoms with Crippen LogP contribution in [0.4, 0.5) is 5.82 Å². The van der Waals surface area contributed by atoms with E-state index in [9.17, 15) is 4.79 Å². The molecular weight excluding hydrogens is 256 g/mol. The van der Waals surface area contributed by atoms with Crippen molar-refractivity contribution in [3.8, 4) is 0 Å². The molecule has 1 fully saturated rings. The van der Waals surface area contributed by atoms with Crippen LogP contribution in [0, 0.1) is 0 Å². The van der Waals surface area contributed by atoms with Crippen molar-refractivity contribution in [3.63, 3.8) is 0 Å². The molecule has 1 aromatic rings. The van der Waals surface area contributed by atoms with Gasteiger partial charge < -0.3 is 15.0 Å². The lowest BCUT2D eigenvalue weighted by Crippen LogP contribution is -2.42. The van der Waals surface area contributed by atoms with Gasteiger partial charge in [0.2, 0.25) is 0 Å². The normalized spacial score (nSPS) is 18.2. The summed E-state index contributed by atoms with van der Waals surface area (Å²) in [6.45, 7) is 10.6. The highest BCUT2D eigenvalue weighted by Gasteiger charge is 2.14. The topological polar surface area (TPSA) is 70.2 Å². The fourth-order valence-electron chi connectivity index (χ4n) is 2.29. The number of ether oxygens (including phenoxy) is 1. The van der Waals surface area contributed by atoms with Gasteiger partial charge >= 0.3 is 0 Å². The zero-order valence-electron chi connectivity index (χ0n) is 12.5. The maximum absolute atomic E-state index is 11.6. The first-order chi connectivity index (χ1) is 9.54. The Morgan fingerprint density at radius 1 is 1.40 bits per heavy atom. The minimum absolute atomic E-state index is 0.107. The minimum atomic E-state index is -0.107. The van der Waals surface area contributed by atoms with E-state index in [2.05, 4.69) is 27.1 Å². The predicted octanol–water partition coefficient (Wildman–Crippen LogP) is 1.03. The largest absolute Gasteiger partial charge is 0.379 e. The molecule has 0 amide bonds. The number of H-pyrrole nitrogens is 1. The molecular formula is C14H24N4O2. The summed E-state index contributed by atoms with van der Waals surface area (Å²) in [4.78, 5) is 21.2. The molecule has 2 heterocycles. The van der Waals surface area contributed by atoms with E-state index in [0.29, 0.717) is 5.82 Å². The summed E-state index contributed by atoms with van der Waals surface area (Å²) >= 11 is 0. The summed E-state index contributed by atoms with van der Waals surface area (Å²) in [6, 6.07) is 1.75. The molecule has 0 bridgehead atoms. The molecule has 1 aromatic heterocycles. The molecule has 6 heteroatoms. The number of aromatic amines is 1. The fourth-order valence-corrected chi connectivity index (χ4v) is 2.29. The lowest BCUT2D eigenvalue weighted by atomic mass is 10.2. The summed E-state index contributed by atoms with van der Waals surface area (Å²) < 4.78 is 5.34. The third kappa shape index (κ3) is 4.31. The van der Waals surface area contributed by atoms with Crippen molar-refractivity contribution in [2.24, 2.45) is 0 Å². The van der Waals surface area contributed by atoms with Crippen LogP contribution in [0.25, 0.3) is 0 Å². The molecule has 0 radical (unpaired) electrons. The average molecular weight is 280 g/mol. The zero-order valence-corrected chi connectivity index (χ0v) is 12.5. The van der Waals surface area contributed by atoms with E-state index in [0.717, 1.165) is 38.7 Å². The smallest absolute Gasteiger partial charge is 0.252 e. The summed E-state index contributed by atoms with van der Waals surface area (Å²) in [5, 5.41) is 3.31. The highest BCUT2D eigenvalue weighted by Crippen LogP contribution is 2.10. The van der Waals surface area contributed by atoms with E-state index in [1.54, 1.807) is 0 Å². The maximum atomic E-state index is 11.6. The molecule has 2 N–H and O–H groups in total. The van der Waals surface area contributed by atoms with E-state index in [1.807, 2.05) is 13.8 Å². The van der Waals surface area contributed by atoms with Crippen molar-refractivity contribution in [1.82, 2.24) is 14.9 Å². The van der Waals surface area contributed by atoms with Crippen LogP contribution >= 0.6 is 0 Å². The quantitative estimate of drug-likeness (QED) is 0.843. The molecule has 1 aliphatic rings. The Kier molecular flexibility index (Phi) is 5.14. The van der Waals surface area contributed by atoms with Crippen LogP contribution in [-0.4, -0.2) is 53.8 Å². The van der Waals surface area contributed by atoms with Crippen molar-refractivity contribution in [3.05, 3.63) is 22.2 Å². The molecule has 1 aliphatic heterocycles. The summed E-state index contributed by atoms with van der Waals surface area (Å²) in [7, 11) is 0. The fraction of sp³-hybridized carbons (Fsp3) is 0.714. The number of aromatic nitrogens is 2. The van der Waals surface area contributed by atoms with Gasteiger partial charge in [-0.2, -0.15) is 0 Å². The second-order valence-corrected chi connectivity index (χ2v) is 5.63. The van der Waals surface area contributed by atoms with Crippen LogP contribution in [0.5, 0.6) is 0 Å². The van der Waals surface area contributed by atoms with Crippen LogP contribution in [0.2, 0.25) is 0 Å². The molecule has 0 aliphatic carbocycles. The monoisotopic (exact) mass is 280 g/mol. The number of morpholine rings is 1. The third-order valence-electron chi connectivity index (χ3n) is 3.34. The summed E-state index contributed by atoms with van der Waals surface area (Å²) in [6.07, 6.45) is 0. The van der Waals surface area contributed by atoms with Crippen LogP contribution in [0.1, 0.15) is 32.5 Å². The number of hydrogen-bond donors (Lipinski definition) is 2. The van der Waals surface area contributed by atoms with Crippen LogP contribution < -0.4 is 10.9 Å². The van der Waals surface area contributed by atoms with Gasteiger partial charge in [-0.1, -0.05) is 13.8 Å². The van der Waals surface area contributed by atoms with Gasteiger partial charge in [0.15, 0.2) is 0 Å². The molecule has 2 rings (SSSR count). The maximum Gasteiger partial charge on any atom is 0.252 e. The predicted molar refractivity (Wildman–Crippen MR) is 79.3 cm³/mol. The van der Waals surface area contributed by atoms with E-state index in [1.165, 1.54) is 6.07 Å². The number of hydrogen-bond acceptors (Lipinski definition) is 5. The van der Waals surface area contributed by atoms with Crippen LogP contribution in [0.3, 0.4) is 0 Å². The second kappa shape index (κ2) is 6.85. The molecule has 0 spiro atoms. The van der Waals surface area contributed by atoms with Gasteiger partial charge in [0.1, 0.15) is 11.6 Å². The Morgan fingerprint density at radius 3 is 2.75 bits per heavy atom. The lowest BCUT2D eigenvalue weighted by Gasteiger charge is -2.29. The summed E-state index contributed by atoms with van der Waals surface area (Å²) in [5.41, 5.74) is -0.107. The summed E-state index contributed by atoms with van der Waals surface area (Å²) in [5.74, 6) is 1.58. The number of anilines is 1. The number of nitrogens with one attached hydrogen (secondary N) is 2. The molecule has 1 saturated heterocycles. The first-order valence-corrected chi connectivity index (χ1v) is 7.22. The molecule has 20 heavy (non-hydrogen) atoms. The van der Waals surface area contributed by atoms with E-state index >= 15 is 0 Å². The molecule has 6 nitrogen and oxygen atoms in total. The van der Waals surface area contributed by atoms with Crippen LogP contribution in [0.15, 0.2) is 10.9 Å². The second-order valence-electron chi connectivity index (χ2n) is 5.63. The van der Waals surface area contributed by atoms with Crippen molar-refractivity contribution < 1.29 is 4.74 Å². The Hall–Kier alpha value is -1.40. The van der Waals surface area contributed by atoms with Gasteiger partial charge in [0, 0.05) is 37.7 Å². The Bertz CT molecular complexity index is 480. The third-order valence-corrected chi connectivity index (χ3v) is 3.34. The van der Waals surface area contributed by atoms with E-state index < -0.39 is 0 Å². The molecule has 0 saturated carbocycles. The Balaban J connectivity index is 1.96. The van der Waals surface area contributed by atoms with Gasteiger partial charge in [-0.05, 0) is 6.92 Å². The Morgan fingerprint density at radius 2 is 2.10 bits per heavy atom. The SMILES string of the molecule is CC(CN1CCOCC1)Nc1cc(=O)[nH]c(C(C)C)n1. The lowest BCUT2D eigenvalue weighted by molar-refractivity contribution is 0.0368. The highest BCUT2D eigenvalue weighted by atomic mass is 16.5. The first-order valence-electron chi connectivity index (χ1n) is 7.22. The molecule has 1 atom stereocenters. The molecule has 1 unspecified atom stereocenters. The van der Waals surface area contributed by atoms with E-state index in [4.69, 9.17) is 4.74 Å². The van der Waals surface area contributed by atoms with Gasteiger partial charge in [-0.25, -0.2) is 4.98 Å². The highest BCUT2D eigenvalue weighted by molar-refractivity contribution is 5.34.